The standard InChI is InChI=1S/C21H28N6O6/c1-12(28)18(21(32)33)27-20(31)15(7-13-5-3-2-4-6-13)26-19(30)16(25-17(29)9-22)8-14-10-23-11-24-14/h2-6,10-12,15-16,18,28H,7-9,22H2,1H3,(H,23,24)(H,25,29)(H,26,30)(H,27,31)(H,32,33). The third kappa shape index (κ3) is 8.01. The number of hydrogen-bond acceptors (Lipinski definition) is 7. The number of nitrogens with two attached hydrogens (primary N) is 1. The molecule has 3 amide bonds. The van der Waals surface area contributed by atoms with Crippen LogP contribution in [-0.2, 0) is 32.0 Å². The van der Waals surface area contributed by atoms with E-state index in [1.165, 1.54) is 19.4 Å². The number of aromatic amines is 1. The van der Waals surface area contributed by atoms with Crippen molar-refractivity contribution in [2.75, 3.05) is 6.54 Å². The fourth-order valence-corrected chi connectivity index (χ4v) is 3.05. The van der Waals surface area contributed by atoms with Gasteiger partial charge in [-0.05, 0) is 12.5 Å². The third-order valence-electron chi connectivity index (χ3n) is 4.78. The first kappa shape index (κ1) is 25.5. The summed E-state index contributed by atoms with van der Waals surface area (Å²) in [6, 6.07) is 4.97. The van der Waals surface area contributed by atoms with Gasteiger partial charge in [-0.2, -0.15) is 0 Å². The number of benzene rings is 1. The minimum Gasteiger partial charge on any atom is -0.480 e. The fourth-order valence-electron chi connectivity index (χ4n) is 3.05. The van der Waals surface area contributed by atoms with Gasteiger partial charge < -0.3 is 36.9 Å². The molecule has 0 fully saturated rings. The maximum atomic E-state index is 13.0. The Kier molecular flexibility index (Phi) is 9.51. The van der Waals surface area contributed by atoms with Gasteiger partial charge >= 0.3 is 5.97 Å². The number of imidazole rings is 1. The average Bonchev–Trinajstić information content (AvgIpc) is 3.29. The van der Waals surface area contributed by atoms with Gasteiger partial charge in [0, 0.05) is 24.7 Å². The molecule has 0 radical (unpaired) electrons. The number of H-pyrrole nitrogens is 1. The van der Waals surface area contributed by atoms with Crippen molar-refractivity contribution in [3.05, 3.63) is 54.1 Å². The first-order chi connectivity index (χ1) is 15.7. The van der Waals surface area contributed by atoms with Crippen LogP contribution >= 0.6 is 0 Å². The van der Waals surface area contributed by atoms with Gasteiger partial charge in [0.05, 0.1) is 19.0 Å². The third-order valence-corrected chi connectivity index (χ3v) is 4.78. The van der Waals surface area contributed by atoms with Crippen LogP contribution < -0.4 is 21.7 Å². The van der Waals surface area contributed by atoms with Crippen molar-refractivity contribution >= 4 is 23.7 Å². The summed E-state index contributed by atoms with van der Waals surface area (Å²) in [5.74, 6) is -3.47. The second kappa shape index (κ2) is 12.3. The number of amides is 3. The zero-order valence-corrected chi connectivity index (χ0v) is 18.0. The molecule has 0 aliphatic carbocycles. The number of aliphatic hydroxyl groups excluding tert-OH is 1. The van der Waals surface area contributed by atoms with Crippen molar-refractivity contribution in [2.24, 2.45) is 5.73 Å². The number of aliphatic carboxylic acids is 1. The minimum absolute atomic E-state index is 0.0478. The molecule has 12 nitrogen and oxygen atoms in total. The van der Waals surface area contributed by atoms with Crippen LogP contribution in [0, 0.1) is 0 Å². The molecule has 0 aliphatic rings. The van der Waals surface area contributed by atoms with E-state index in [2.05, 4.69) is 25.9 Å². The lowest BCUT2D eigenvalue weighted by Gasteiger charge is -2.25. The Labute approximate surface area is 190 Å². The number of aliphatic hydroxyl groups is 1. The van der Waals surface area contributed by atoms with Crippen molar-refractivity contribution in [2.45, 2.75) is 44.0 Å². The molecule has 0 spiro atoms. The molecule has 0 bridgehead atoms. The van der Waals surface area contributed by atoms with Crippen LogP contribution in [0.2, 0.25) is 0 Å². The van der Waals surface area contributed by atoms with Crippen molar-refractivity contribution < 1.29 is 29.4 Å². The van der Waals surface area contributed by atoms with E-state index in [9.17, 15) is 29.4 Å². The maximum Gasteiger partial charge on any atom is 0.328 e. The lowest BCUT2D eigenvalue weighted by atomic mass is 10.0. The molecule has 0 saturated heterocycles. The highest BCUT2D eigenvalue weighted by atomic mass is 16.4. The summed E-state index contributed by atoms with van der Waals surface area (Å²) in [5, 5.41) is 26.3. The number of aromatic nitrogens is 2. The Morgan fingerprint density at radius 2 is 1.67 bits per heavy atom. The van der Waals surface area contributed by atoms with Crippen molar-refractivity contribution in [1.29, 1.82) is 0 Å². The zero-order chi connectivity index (χ0) is 24.4. The van der Waals surface area contributed by atoms with Gasteiger partial charge in [0.1, 0.15) is 12.1 Å². The van der Waals surface area contributed by atoms with Crippen LogP contribution in [0.15, 0.2) is 42.9 Å². The smallest absolute Gasteiger partial charge is 0.328 e. The molecule has 4 atom stereocenters. The minimum atomic E-state index is -1.56. The molecular formula is C21H28N6O6. The largest absolute Gasteiger partial charge is 0.480 e. The second-order valence-corrected chi connectivity index (χ2v) is 7.42. The predicted octanol–water partition coefficient (Wildman–Crippen LogP) is -1.93. The SMILES string of the molecule is CC(O)C(NC(=O)C(Cc1ccccc1)NC(=O)C(Cc1cnc[nH]1)NC(=O)CN)C(=O)O. The molecule has 2 rings (SSSR count). The molecule has 1 heterocycles. The van der Waals surface area contributed by atoms with Crippen LogP contribution in [0.1, 0.15) is 18.2 Å². The Balaban J connectivity index is 2.24. The quantitative estimate of drug-likeness (QED) is 0.190. The summed E-state index contributed by atoms with van der Waals surface area (Å²) in [6.07, 6.45) is 1.65. The van der Waals surface area contributed by atoms with Crippen LogP contribution in [0.25, 0.3) is 0 Å². The molecule has 33 heavy (non-hydrogen) atoms. The molecule has 2 aromatic rings. The van der Waals surface area contributed by atoms with Crippen LogP contribution in [0.4, 0.5) is 0 Å². The summed E-state index contributed by atoms with van der Waals surface area (Å²) in [4.78, 5) is 55.9. The van der Waals surface area contributed by atoms with E-state index in [0.717, 1.165) is 0 Å². The normalized spacial score (nSPS) is 14.4. The van der Waals surface area contributed by atoms with Gasteiger partial charge in [-0.1, -0.05) is 30.3 Å². The van der Waals surface area contributed by atoms with Gasteiger partial charge in [-0.3, -0.25) is 14.4 Å². The summed E-state index contributed by atoms with van der Waals surface area (Å²) in [6.45, 7) is 0.891. The van der Waals surface area contributed by atoms with Gasteiger partial charge in [-0.15, -0.1) is 0 Å². The highest BCUT2D eigenvalue weighted by Gasteiger charge is 2.31. The number of nitrogens with zero attached hydrogens (tertiary/aromatic N) is 1. The number of carbonyl (C=O) groups is 4. The van der Waals surface area contributed by atoms with E-state index in [1.54, 1.807) is 30.3 Å². The van der Waals surface area contributed by atoms with E-state index >= 15 is 0 Å². The highest BCUT2D eigenvalue weighted by molar-refractivity contribution is 5.94. The topological polar surface area (TPSA) is 200 Å². The fraction of sp³-hybridized carbons (Fsp3) is 0.381. The summed E-state index contributed by atoms with van der Waals surface area (Å²) in [5.41, 5.74) is 6.62. The van der Waals surface area contributed by atoms with E-state index in [4.69, 9.17) is 5.73 Å². The molecule has 8 N–H and O–H groups in total. The van der Waals surface area contributed by atoms with E-state index < -0.39 is 47.9 Å². The Hall–Kier alpha value is -3.77. The average molecular weight is 460 g/mol. The number of hydrogen-bond donors (Lipinski definition) is 7. The number of carboxylic acid groups (broad SMARTS) is 1. The number of carbonyl (C=O) groups excluding carboxylic acids is 3. The van der Waals surface area contributed by atoms with Gasteiger partial charge in [0.25, 0.3) is 0 Å². The number of nitrogens with one attached hydrogen (secondary N) is 4. The number of carboxylic acids is 1. The molecule has 0 saturated carbocycles. The van der Waals surface area contributed by atoms with Gasteiger partial charge in [-0.25, -0.2) is 9.78 Å². The lowest BCUT2D eigenvalue weighted by Crippen LogP contribution is -2.58. The molecular weight excluding hydrogens is 432 g/mol. The molecule has 1 aromatic heterocycles. The van der Waals surface area contributed by atoms with Crippen LogP contribution in [0.3, 0.4) is 0 Å². The predicted molar refractivity (Wildman–Crippen MR) is 117 cm³/mol. The Bertz CT molecular complexity index is 934. The second-order valence-electron chi connectivity index (χ2n) is 7.42. The van der Waals surface area contributed by atoms with E-state index in [-0.39, 0.29) is 19.4 Å². The molecule has 1 aromatic carbocycles. The van der Waals surface area contributed by atoms with Crippen LogP contribution in [-0.4, -0.2) is 74.6 Å². The first-order valence-electron chi connectivity index (χ1n) is 10.2. The molecule has 178 valence electrons. The molecule has 12 heteroatoms. The Morgan fingerprint density at radius 3 is 2.21 bits per heavy atom. The van der Waals surface area contributed by atoms with Crippen molar-refractivity contribution in [1.82, 2.24) is 25.9 Å². The first-order valence-corrected chi connectivity index (χ1v) is 10.2. The summed E-state index contributed by atoms with van der Waals surface area (Å²) < 4.78 is 0. The zero-order valence-electron chi connectivity index (χ0n) is 18.0. The Morgan fingerprint density at radius 1 is 1.03 bits per heavy atom. The maximum absolute atomic E-state index is 13.0. The van der Waals surface area contributed by atoms with E-state index in [0.29, 0.717) is 11.3 Å². The number of rotatable bonds is 12. The molecule has 4 unspecified atom stereocenters. The monoisotopic (exact) mass is 460 g/mol. The molecule has 0 aliphatic heterocycles. The van der Waals surface area contributed by atoms with Crippen molar-refractivity contribution in [3.8, 4) is 0 Å². The summed E-state index contributed by atoms with van der Waals surface area (Å²) in [7, 11) is 0. The lowest BCUT2D eigenvalue weighted by molar-refractivity contribution is -0.145. The highest BCUT2D eigenvalue weighted by Crippen LogP contribution is 2.07. The van der Waals surface area contributed by atoms with E-state index in [1.807, 2.05) is 0 Å². The van der Waals surface area contributed by atoms with Crippen molar-refractivity contribution in [3.63, 3.8) is 0 Å². The summed E-state index contributed by atoms with van der Waals surface area (Å²) >= 11 is 0. The van der Waals surface area contributed by atoms with Crippen LogP contribution in [0.5, 0.6) is 0 Å². The van der Waals surface area contributed by atoms with Gasteiger partial charge in [0.2, 0.25) is 17.7 Å². The van der Waals surface area contributed by atoms with Gasteiger partial charge in [0.15, 0.2) is 6.04 Å².